The first-order valence-electron chi connectivity index (χ1n) is 4.62. The van der Waals surface area contributed by atoms with Gasteiger partial charge in [0.05, 0.1) is 0 Å². The number of rotatable bonds is 1. The molecule has 0 atom stereocenters. The van der Waals surface area contributed by atoms with Crippen LogP contribution in [0.25, 0.3) is 0 Å². The zero-order valence-corrected chi connectivity index (χ0v) is 6.90. The number of hydrogen-bond acceptors (Lipinski definition) is 1. The highest BCUT2D eigenvalue weighted by molar-refractivity contribution is 5.04. The Bertz CT molecular complexity index is 127. The van der Waals surface area contributed by atoms with Crippen LogP contribution in [-0.4, -0.2) is 23.5 Å². The van der Waals surface area contributed by atoms with Crippen molar-refractivity contribution in [2.75, 3.05) is 13.1 Å². The number of likely N-dealkylation sites (tertiary alicyclic amines) is 1. The molecule has 0 aromatic heterocycles. The summed E-state index contributed by atoms with van der Waals surface area (Å²) in [5.74, 6) is 0. The van der Waals surface area contributed by atoms with E-state index in [0.29, 0.717) is 0 Å². The largest absolute Gasteiger partial charge is 0.298 e. The van der Waals surface area contributed by atoms with Crippen LogP contribution >= 0.6 is 0 Å². The van der Waals surface area contributed by atoms with E-state index in [4.69, 9.17) is 0 Å². The van der Waals surface area contributed by atoms with Crippen LogP contribution in [0.4, 0.5) is 0 Å². The molecule has 0 N–H and O–H groups in total. The van der Waals surface area contributed by atoms with E-state index in [1.54, 1.807) is 0 Å². The van der Waals surface area contributed by atoms with Crippen LogP contribution in [0, 0.1) is 0 Å². The monoisotopic (exact) mass is 139 g/mol. The quantitative estimate of drug-likeness (QED) is 0.537. The van der Waals surface area contributed by atoms with Crippen LogP contribution in [0.3, 0.4) is 0 Å². The second kappa shape index (κ2) is 2.23. The Labute approximate surface area is 63.4 Å². The van der Waals surface area contributed by atoms with Crippen molar-refractivity contribution in [2.24, 2.45) is 0 Å². The molecule has 1 aliphatic carbocycles. The summed E-state index contributed by atoms with van der Waals surface area (Å²) in [6, 6.07) is 0. The summed E-state index contributed by atoms with van der Waals surface area (Å²) >= 11 is 0. The van der Waals surface area contributed by atoms with E-state index in [9.17, 15) is 0 Å². The molecule has 0 aromatic rings. The van der Waals surface area contributed by atoms with E-state index in [1.165, 1.54) is 45.2 Å². The molecule has 2 aliphatic rings. The second-order valence-corrected chi connectivity index (χ2v) is 3.76. The van der Waals surface area contributed by atoms with E-state index in [1.807, 2.05) is 0 Å². The SMILES string of the molecule is CCN1CCCCC12CC2. The fourth-order valence-corrected chi connectivity index (χ4v) is 2.36. The Hall–Kier alpha value is -0.0400. The van der Waals surface area contributed by atoms with Gasteiger partial charge in [0.2, 0.25) is 0 Å². The average molecular weight is 139 g/mol. The fourth-order valence-electron chi connectivity index (χ4n) is 2.36. The van der Waals surface area contributed by atoms with Crippen LogP contribution < -0.4 is 0 Å². The first kappa shape index (κ1) is 6.66. The van der Waals surface area contributed by atoms with Gasteiger partial charge < -0.3 is 0 Å². The van der Waals surface area contributed by atoms with Crippen molar-refractivity contribution in [3.8, 4) is 0 Å². The molecule has 0 amide bonds. The molecule has 0 radical (unpaired) electrons. The summed E-state index contributed by atoms with van der Waals surface area (Å²) in [6.45, 7) is 4.95. The lowest BCUT2D eigenvalue weighted by Crippen LogP contribution is -2.41. The highest BCUT2D eigenvalue weighted by Crippen LogP contribution is 2.47. The van der Waals surface area contributed by atoms with Crippen molar-refractivity contribution < 1.29 is 0 Å². The lowest BCUT2D eigenvalue weighted by atomic mass is 10.0. The molecule has 2 rings (SSSR count). The highest BCUT2D eigenvalue weighted by atomic mass is 15.2. The Balaban J connectivity index is 2.01. The third-order valence-corrected chi connectivity index (χ3v) is 3.20. The molecule has 1 spiro atoms. The molecule has 1 heteroatoms. The highest BCUT2D eigenvalue weighted by Gasteiger charge is 2.47. The minimum absolute atomic E-state index is 0.729. The molecule has 0 aromatic carbocycles. The molecule has 0 unspecified atom stereocenters. The number of nitrogens with zero attached hydrogens (tertiary/aromatic N) is 1. The van der Waals surface area contributed by atoms with Gasteiger partial charge in [0.25, 0.3) is 0 Å². The molecule has 1 saturated heterocycles. The smallest absolute Gasteiger partial charge is 0.0210 e. The molecular formula is C9H17N. The maximum atomic E-state index is 2.69. The molecule has 58 valence electrons. The van der Waals surface area contributed by atoms with Gasteiger partial charge in [0.1, 0.15) is 0 Å². The Morgan fingerprint density at radius 1 is 1.20 bits per heavy atom. The molecule has 1 saturated carbocycles. The van der Waals surface area contributed by atoms with Crippen molar-refractivity contribution in [2.45, 2.75) is 44.6 Å². The summed E-state index contributed by atoms with van der Waals surface area (Å²) in [4.78, 5) is 2.69. The number of hydrogen-bond donors (Lipinski definition) is 0. The van der Waals surface area contributed by atoms with Crippen LogP contribution in [0.1, 0.15) is 39.0 Å². The summed E-state index contributed by atoms with van der Waals surface area (Å²) in [6.07, 6.45) is 7.38. The summed E-state index contributed by atoms with van der Waals surface area (Å²) in [5.41, 5.74) is 0.729. The van der Waals surface area contributed by atoms with Crippen LogP contribution in [0.5, 0.6) is 0 Å². The van der Waals surface area contributed by atoms with E-state index < -0.39 is 0 Å². The average Bonchev–Trinajstić information content (AvgIpc) is 2.71. The summed E-state index contributed by atoms with van der Waals surface area (Å²) < 4.78 is 0. The molecule has 1 aliphatic heterocycles. The van der Waals surface area contributed by atoms with Gasteiger partial charge in [-0.25, -0.2) is 0 Å². The van der Waals surface area contributed by atoms with Crippen LogP contribution in [0.2, 0.25) is 0 Å². The van der Waals surface area contributed by atoms with E-state index in [-0.39, 0.29) is 0 Å². The van der Waals surface area contributed by atoms with Gasteiger partial charge in [0.15, 0.2) is 0 Å². The minimum atomic E-state index is 0.729. The van der Waals surface area contributed by atoms with Crippen molar-refractivity contribution in [3.05, 3.63) is 0 Å². The molecular weight excluding hydrogens is 122 g/mol. The van der Waals surface area contributed by atoms with Crippen LogP contribution in [-0.2, 0) is 0 Å². The van der Waals surface area contributed by atoms with Gasteiger partial charge in [-0.1, -0.05) is 13.3 Å². The number of piperidine rings is 1. The van der Waals surface area contributed by atoms with Crippen molar-refractivity contribution in [3.63, 3.8) is 0 Å². The van der Waals surface area contributed by atoms with Gasteiger partial charge >= 0.3 is 0 Å². The van der Waals surface area contributed by atoms with E-state index in [0.717, 1.165) is 5.54 Å². The predicted octanol–water partition coefficient (Wildman–Crippen LogP) is 2.02. The van der Waals surface area contributed by atoms with Gasteiger partial charge in [-0.3, -0.25) is 4.90 Å². The zero-order valence-electron chi connectivity index (χ0n) is 6.90. The van der Waals surface area contributed by atoms with Gasteiger partial charge in [0, 0.05) is 5.54 Å². The van der Waals surface area contributed by atoms with Gasteiger partial charge in [-0.15, -0.1) is 0 Å². The van der Waals surface area contributed by atoms with Crippen molar-refractivity contribution >= 4 is 0 Å². The lowest BCUT2D eigenvalue weighted by molar-refractivity contribution is 0.137. The topological polar surface area (TPSA) is 3.24 Å². The minimum Gasteiger partial charge on any atom is -0.298 e. The first-order valence-corrected chi connectivity index (χ1v) is 4.62. The Morgan fingerprint density at radius 2 is 2.00 bits per heavy atom. The maximum absolute atomic E-state index is 2.69. The standard InChI is InChI=1S/C9H17N/c1-2-10-8-4-3-5-9(10)6-7-9/h2-8H2,1H3. The molecule has 1 nitrogen and oxygen atoms in total. The van der Waals surface area contributed by atoms with E-state index in [2.05, 4.69) is 11.8 Å². The summed E-state index contributed by atoms with van der Waals surface area (Å²) in [7, 11) is 0. The predicted molar refractivity (Wildman–Crippen MR) is 43.1 cm³/mol. The molecule has 1 heterocycles. The first-order chi connectivity index (χ1) is 4.87. The van der Waals surface area contributed by atoms with Crippen molar-refractivity contribution in [1.29, 1.82) is 0 Å². The van der Waals surface area contributed by atoms with Crippen molar-refractivity contribution in [1.82, 2.24) is 4.90 Å². The third kappa shape index (κ3) is 0.878. The molecule has 0 bridgehead atoms. The van der Waals surface area contributed by atoms with Gasteiger partial charge in [-0.2, -0.15) is 0 Å². The Morgan fingerprint density at radius 3 is 2.50 bits per heavy atom. The molecule has 10 heavy (non-hydrogen) atoms. The normalized spacial score (nSPS) is 30.9. The van der Waals surface area contributed by atoms with Crippen LogP contribution in [0.15, 0.2) is 0 Å². The second-order valence-electron chi connectivity index (χ2n) is 3.76. The Kier molecular flexibility index (Phi) is 1.48. The summed E-state index contributed by atoms with van der Waals surface area (Å²) in [5, 5.41) is 0. The lowest BCUT2D eigenvalue weighted by Gasteiger charge is -2.35. The zero-order chi connectivity index (χ0) is 7.03. The maximum Gasteiger partial charge on any atom is 0.0210 e. The van der Waals surface area contributed by atoms with Gasteiger partial charge in [-0.05, 0) is 38.8 Å². The fraction of sp³-hybridized carbons (Fsp3) is 1.00. The van der Waals surface area contributed by atoms with E-state index >= 15 is 0 Å². The third-order valence-electron chi connectivity index (χ3n) is 3.20. The molecule has 2 fully saturated rings.